The number of fused-ring (bicyclic) bond motifs is 1. The molecule has 0 N–H and O–H groups in total. The highest BCUT2D eigenvalue weighted by Gasteiger charge is 2.33. The van der Waals surface area contributed by atoms with Crippen LogP contribution in [-0.4, -0.2) is 24.3 Å². The third-order valence-electron chi connectivity index (χ3n) is 5.12. The zero-order valence-corrected chi connectivity index (χ0v) is 19.4. The fourth-order valence-corrected chi connectivity index (χ4v) is 4.78. The summed E-state index contributed by atoms with van der Waals surface area (Å²) in [5.74, 6) is 0.198. The van der Waals surface area contributed by atoms with Gasteiger partial charge in [-0.2, -0.15) is 0 Å². The molecule has 164 valence electrons. The van der Waals surface area contributed by atoms with Crippen LogP contribution >= 0.6 is 22.9 Å². The first-order chi connectivity index (χ1) is 15.4. The van der Waals surface area contributed by atoms with E-state index in [0.717, 1.165) is 11.1 Å². The first-order valence-corrected chi connectivity index (χ1v) is 11.2. The number of hydrogen-bond donors (Lipinski definition) is 0. The smallest absolute Gasteiger partial charge is 0.338 e. The zero-order valence-electron chi connectivity index (χ0n) is 17.8. The van der Waals surface area contributed by atoms with E-state index < -0.39 is 12.0 Å². The minimum atomic E-state index is -0.649. The van der Waals surface area contributed by atoms with Crippen molar-refractivity contribution in [2.24, 2.45) is 4.99 Å². The number of carbonyl (C=O) groups excluding carboxylic acids is 1. The van der Waals surface area contributed by atoms with Crippen LogP contribution in [-0.2, 0) is 9.53 Å². The summed E-state index contributed by atoms with van der Waals surface area (Å²) in [5, 5.41) is 0.623. The Morgan fingerprint density at radius 3 is 2.50 bits per heavy atom. The fraction of sp³-hybridized carbons (Fsp3) is 0.208. The zero-order chi connectivity index (χ0) is 22.8. The average Bonchev–Trinajstić information content (AvgIpc) is 3.09. The Labute approximate surface area is 193 Å². The van der Waals surface area contributed by atoms with Crippen molar-refractivity contribution in [2.75, 3.05) is 13.7 Å². The van der Waals surface area contributed by atoms with Crippen LogP contribution in [0, 0.1) is 0 Å². The van der Waals surface area contributed by atoms with E-state index in [9.17, 15) is 9.59 Å². The molecule has 0 radical (unpaired) electrons. The van der Waals surface area contributed by atoms with Gasteiger partial charge in [0.1, 0.15) is 5.75 Å². The number of benzene rings is 2. The van der Waals surface area contributed by atoms with Crippen LogP contribution in [0.4, 0.5) is 0 Å². The lowest BCUT2D eigenvalue weighted by Crippen LogP contribution is -2.39. The van der Waals surface area contributed by atoms with Gasteiger partial charge in [-0.05, 0) is 55.3 Å². The summed E-state index contributed by atoms with van der Waals surface area (Å²) in [6.45, 7) is 3.74. The molecule has 6 nitrogen and oxygen atoms in total. The second kappa shape index (κ2) is 9.14. The van der Waals surface area contributed by atoms with Crippen molar-refractivity contribution in [1.29, 1.82) is 0 Å². The predicted molar refractivity (Wildman–Crippen MR) is 125 cm³/mol. The highest BCUT2D eigenvalue weighted by molar-refractivity contribution is 7.07. The minimum absolute atomic E-state index is 0.223. The molecule has 1 aromatic heterocycles. The molecule has 1 atom stereocenters. The molecule has 0 saturated carbocycles. The second-order valence-electron chi connectivity index (χ2n) is 7.13. The highest BCUT2D eigenvalue weighted by atomic mass is 35.5. The van der Waals surface area contributed by atoms with Crippen molar-refractivity contribution >= 4 is 35.0 Å². The number of hydrogen-bond acceptors (Lipinski definition) is 6. The monoisotopic (exact) mass is 468 g/mol. The molecule has 0 unspecified atom stereocenters. The number of aromatic nitrogens is 1. The number of methoxy groups -OCH3 is 1. The van der Waals surface area contributed by atoms with Crippen LogP contribution in [0.1, 0.15) is 31.0 Å². The standard InChI is InChI=1S/C24H21ClN2O4S/c1-4-31-23(29)20-14(2)26-24-27(21(20)16-7-11-18(30-3)12-8-16)22(28)19(32-24)13-15-5-9-17(25)10-6-15/h5-13,21H,4H2,1-3H3/b19-13-/t21-/m0/s1. The third kappa shape index (κ3) is 4.13. The number of nitrogens with zero attached hydrogens (tertiary/aromatic N) is 2. The molecular weight excluding hydrogens is 448 g/mol. The Kier molecular flexibility index (Phi) is 6.30. The topological polar surface area (TPSA) is 69.9 Å². The molecule has 1 aliphatic rings. The van der Waals surface area contributed by atoms with E-state index in [-0.39, 0.29) is 12.2 Å². The predicted octanol–water partition coefficient (Wildman–Crippen LogP) is 3.46. The number of esters is 1. The van der Waals surface area contributed by atoms with Crippen LogP contribution in [0.5, 0.6) is 5.75 Å². The average molecular weight is 469 g/mol. The lowest BCUT2D eigenvalue weighted by molar-refractivity contribution is -0.139. The van der Waals surface area contributed by atoms with Gasteiger partial charge < -0.3 is 9.47 Å². The van der Waals surface area contributed by atoms with Crippen molar-refractivity contribution in [2.45, 2.75) is 19.9 Å². The van der Waals surface area contributed by atoms with E-state index in [0.29, 0.717) is 31.4 Å². The van der Waals surface area contributed by atoms with Crippen molar-refractivity contribution in [1.82, 2.24) is 4.57 Å². The van der Waals surface area contributed by atoms with E-state index in [1.54, 1.807) is 55.9 Å². The molecule has 0 bridgehead atoms. The molecule has 0 fully saturated rings. The summed E-state index contributed by atoms with van der Waals surface area (Å²) in [4.78, 5) is 31.5. The van der Waals surface area contributed by atoms with Gasteiger partial charge in [-0.1, -0.05) is 47.2 Å². The second-order valence-corrected chi connectivity index (χ2v) is 8.57. The number of rotatable bonds is 5. The molecule has 1 aliphatic heterocycles. The summed E-state index contributed by atoms with van der Waals surface area (Å²) >= 11 is 7.26. The Bertz CT molecular complexity index is 1370. The lowest BCUT2D eigenvalue weighted by atomic mass is 9.96. The Balaban J connectivity index is 1.93. The Morgan fingerprint density at radius 1 is 1.19 bits per heavy atom. The van der Waals surface area contributed by atoms with Gasteiger partial charge in [0.2, 0.25) is 0 Å². The normalized spacial score (nSPS) is 15.9. The van der Waals surface area contributed by atoms with Gasteiger partial charge in [-0.15, -0.1) is 0 Å². The molecule has 0 saturated heterocycles. The van der Waals surface area contributed by atoms with Crippen LogP contribution in [0.3, 0.4) is 0 Å². The van der Waals surface area contributed by atoms with Crippen LogP contribution in [0.25, 0.3) is 6.08 Å². The van der Waals surface area contributed by atoms with Gasteiger partial charge in [0, 0.05) is 5.02 Å². The summed E-state index contributed by atoms with van der Waals surface area (Å²) < 4.78 is 12.6. The number of carbonyl (C=O) groups is 1. The van der Waals surface area contributed by atoms with E-state index in [4.69, 9.17) is 21.1 Å². The van der Waals surface area contributed by atoms with Gasteiger partial charge in [0.05, 0.1) is 35.6 Å². The van der Waals surface area contributed by atoms with Crippen molar-refractivity contribution in [3.8, 4) is 5.75 Å². The van der Waals surface area contributed by atoms with Gasteiger partial charge >= 0.3 is 5.97 Å². The molecule has 0 amide bonds. The van der Waals surface area contributed by atoms with E-state index >= 15 is 0 Å². The molecule has 3 aromatic rings. The van der Waals surface area contributed by atoms with Gasteiger partial charge in [0.25, 0.3) is 5.56 Å². The molecule has 32 heavy (non-hydrogen) atoms. The van der Waals surface area contributed by atoms with Gasteiger partial charge in [0.15, 0.2) is 4.80 Å². The van der Waals surface area contributed by atoms with E-state index in [2.05, 4.69) is 4.99 Å². The maximum Gasteiger partial charge on any atom is 0.338 e. The number of ether oxygens (including phenoxy) is 2. The summed E-state index contributed by atoms with van der Waals surface area (Å²) in [7, 11) is 1.59. The van der Waals surface area contributed by atoms with Crippen molar-refractivity contribution in [3.63, 3.8) is 0 Å². The number of thiazole rings is 1. The number of halogens is 1. The molecule has 8 heteroatoms. The van der Waals surface area contributed by atoms with Crippen molar-refractivity contribution < 1.29 is 14.3 Å². The fourth-order valence-electron chi connectivity index (χ4n) is 3.60. The lowest BCUT2D eigenvalue weighted by Gasteiger charge is -2.24. The largest absolute Gasteiger partial charge is 0.497 e. The first-order valence-electron chi connectivity index (χ1n) is 10.0. The molecule has 4 rings (SSSR count). The summed E-state index contributed by atoms with van der Waals surface area (Å²) in [5.41, 5.74) is 2.27. The maximum absolute atomic E-state index is 13.5. The van der Waals surface area contributed by atoms with Crippen LogP contribution in [0.2, 0.25) is 5.02 Å². The van der Waals surface area contributed by atoms with Crippen LogP contribution < -0.4 is 19.6 Å². The molecule has 2 aromatic carbocycles. The van der Waals surface area contributed by atoms with Gasteiger partial charge in [-0.25, -0.2) is 9.79 Å². The quantitative estimate of drug-likeness (QED) is 0.538. The number of allylic oxidation sites excluding steroid dienone is 1. The first kappa shape index (κ1) is 22.0. The molecule has 0 aliphatic carbocycles. The highest BCUT2D eigenvalue weighted by Crippen LogP contribution is 2.31. The van der Waals surface area contributed by atoms with Crippen LogP contribution in [0.15, 0.2) is 69.6 Å². The SMILES string of the molecule is CCOC(=O)C1=C(C)N=c2s/c(=C\c3ccc(Cl)cc3)c(=O)n2[C@H]1c1ccc(OC)cc1. The Hall–Kier alpha value is -3.16. The Morgan fingerprint density at radius 2 is 1.88 bits per heavy atom. The minimum Gasteiger partial charge on any atom is -0.497 e. The van der Waals surface area contributed by atoms with Gasteiger partial charge in [-0.3, -0.25) is 9.36 Å². The maximum atomic E-state index is 13.5. The summed E-state index contributed by atoms with van der Waals surface area (Å²) in [6.07, 6.45) is 1.80. The van der Waals surface area contributed by atoms with E-state index in [1.165, 1.54) is 11.3 Å². The van der Waals surface area contributed by atoms with E-state index in [1.807, 2.05) is 24.3 Å². The third-order valence-corrected chi connectivity index (χ3v) is 6.35. The molecule has 0 spiro atoms. The van der Waals surface area contributed by atoms with Crippen molar-refractivity contribution in [3.05, 3.63) is 95.6 Å². The molecule has 2 heterocycles. The molecular formula is C24H21ClN2O4S. The summed E-state index contributed by atoms with van der Waals surface area (Å²) in [6, 6.07) is 13.9.